The van der Waals surface area contributed by atoms with Crippen molar-refractivity contribution in [1.82, 2.24) is 19.1 Å². The minimum absolute atomic E-state index is 0.604. The number of nitrogens with zero attached hydrogens (tertiary/aromatic N) is 3. The van der Waals surface area contributed by atoms with Crippen LogP contribution in [0.1, 0.15) is 0 Å². The molecular weight excluding hydrogens is 240 g/mol. The molecule has 0 aliphatic rings. The molecule has 1 aromatic carbocycles. The lowest BCUT2D eigenvalue weighted by atomic mass is 10.2. The van der Waals surface area contributed by atoms with E-state index in [4.69, 9.17) is 12.2 Å². The van der Waals surface area contributed by atoms with E-state index in [1.165, 1.54) is 11.5 Å². The number of aromatic amines is 1. The maximum Gasteiger partial charge on any atom is 0.195 e. The Labute approximate surface area is 101 Å². The van der Waals surface area contributed by atoms with Gasteiger partial charge in [0.15, 0.2) is 10.6 Å². The average molecular weight is 248 g/mol. The highest BCUT2D eigenvalue weighted by atomic mass is 32.1. The lowest BCUT2D eigenvalue weighted by Gasteiger charge is -1.96. The Bertz CT molecular complexity index is 707. The van der Waals surface area contributed by atoms with Gasteiger partial charge in [0, 0.05) is 12.4 Å². The van der Waals surface area contributed by atoms with Crippen LogP contribution in [0.25, 0.3) is 21.6 Å². The third-order valence-corrected chi connectivity index (χ3v) is 3.66. The smallest absolute Gasteiger partial charge is 0.195 e. The van der Waals surface area contributed by atoms with Gasteiger partial charge in [-0.3, -0.25) is 5.10 Å². The summed E-state index contributed by atoms with van der Waals surface area (Å²) in [5.74, 6) is 0.780. The summed E-state index contributed by atoms with van der Waals surface area (Å²) in [6.45, 7) is 0. The van der Waals surface area contributed by atoms with E-state index in [1.807, 2.05) is 29.8 Å². The van der Waals surface area contributed by atoms with Crippen LogP contribution in [0.5, 0.6) is 0 Å². The van der Waals surface area contributed by atoms with Crippen LogP contribution in [-0.2, 0) is 7.05 Å². The summed E-state index contributed by atoms with van der Waals surface area (Å²) in [5.41, 5.74) is 0.885. The minimum Gasteiger partial charge on any atom is -0.302 e. The van der Waals surface area contributed by atoms with Crippen molar-refractivity contribution in [2.45, 2.75) is 0 Å². The summed E-state index contributed by atoms with van der Waals surface area (Å²) in [7, 11) is 1.88. The second-order valence-electron chi connectivity index (χ2n) is 3.44. The third kappa shape index (κ3) is 1.30. The Hall–Kier alpha value is -1.53. The van der Waals surface area contributed by atoms with Gasteiger partial charge in [-0.15, -0.1) is 0 Å². The predicted octanol–water partition coefficient (Wildman–Crippen LogP) is 2.75. The van der Waals surface area contributed by atoms with E-state index in [-0.39, 0.29) is 0 Å². The first-order valence-corrected chi connectivity index (χ1v) is 5.92. The van der Waals surface area contributed by atoms with Crippen molar-refractivity contribution in [2.24, 2.45) is 7.05 Å². The van der Waals surface area contributed by atoms with Crippen molar-refractivity contribution < 1.29 is 0 Å². The molecule has 16 heavy (non-hydrogen) atoms. The van der Waals surface area contributed by atoms with Crippen LogP contribution in [0.2, 0.25) is 0 Å². The molecule has 0 aliphatic heterocycles. The quantitative estimate of drug-likeness (QED) is 0.674. The van der Waals surface area contributed by atoms with Crippen LogP contribution >= 0.6 is 23.8 Å². The number of rotatable bonds is 1. The molecule has 80 valence electrons. The summed E-state index contributed by atoms with van der Waals surface area (Å²) in [4.78, 5) is 0. The molecule has 0 bridgehead atoms. The Morgan fingerprint density at radius 2 is 2.19 bits per heavy atom. The fourth-order valence-electron chi connectivity index (χ4n) is 1.61. The Balaban J connectivity index is 2.34. The molecule has 0 spiro atoms. The van der Waals surface area contributed by atoms with Crippen molar-refractivity contribution >= 4 is 33.8 Å². The summed E-state index contributed by atoms with van der Waals surface area (Å²) in [6.07, 6.45) is 0. The zero-order chi connectivity index (χ0) is 11.1. The van der Waals surface area contributed by atoms with Gasteiger partial charge in [0.2, 0.25) is 0 Å². The highest BCUT2D eigenvalue weighted by molar-refractivity contribution is 7.71. The van der Waals surface area contributed by atoms with Gasteiger partial charge >= 0.3 is 0 Å². The summed E-state index contributed by atoms with van der Waals surface area (Å²) >= 11 is 6.57. The average Bonchev–Trinajstić information content (AvgIpc) is 2.85. The molecule has 0 atom stereocenters. The van der Waals surface area contributed by atoms with Crippen molar-refractivity contribution in [2.75, 3.05) is 0 Å². The van der Waals surface area contributed by atoms with Crippen LogP contribution in [0.4, 0.5) is 0 Å². The highest BCUT2D eigenvalue weighted by Gasteiger charge is 2.12. The van der Waals surface area contributed by atoms with Crippen LogP contribution in [0, 0.1) is 4.77 Å². The molecule has 1 N–H and O–H groups in total. The first kappa shape index (κ1) is 9.68. The van der Waals surface area contributed by atoms with Crippen molar-refractivity contribution in [3.8, 4) is 11.5 Å². The summed E-state index contributed by atoms with van der Waals surface area (Å²) < 4.78 is 8.02. The topological polar surface area (TPSA) is 46.5 Å². The molecule has 6 heteroatoms. The molecule has 0 aliphatic carbocycles. The second kappa shape index (κ2) is 3.50. The molecule has 0 radical (unpaired) electrons. The van der Waals surface area contributed by atoms with Gasteiger partial charge < -0.3 is 4.57 Å². The minimum atomic E-state index is 0.604. The van der Waals surface area contributed by atoms with Gasteiger partial charge in [-0.05, 0) is 29.8 Å². The molecular formula is C10H8N4S2. The first-order chi connectivity index (χ1) is 7.77. The van der Waals surface area contributed by atoms with Gasteiger partial charge in [-0.1, -0.05) is 18.2 Å². The van der Waals surface area contributed by atoms with Gasteiger partial charge in [0.05, 0.1) is 4.70 Å². The molecule has 0 saturated carbocycles. The van der Waals surface area contributed by atoms with Crippen LogP contribution in [0.15, 0.2) is 24.3 Å². The lowest BCUT2D eigenvalue weighted by Crippen LogP contribution is -1.92. The summed E-state index contributed by atoms with van der Waals surface area (Å²) in [5, 5.41) is 8.08. The molecule has 0 unspecified atom stereocenters. The number of H-pyrrole nitrogens is 1. The fraction of sp³-hybridized carbons (Fsp3) is 0.100. The maximum atomic E-state index is 5.09. The molecule has 2 aromatic heterocycles. The maximum absolute atomic E-state index is 5.09. The van der Waals surface area contributed by atoms with E-state index in [1.54, 1.807) is 0 Å². The Morgan fingerprint density at radius 3 is 2.94 bits per heavy atom. The number of benzene rings is 1. The summed E-state index contributed by atoms with van der Waals surface area (Å²) in [6, 6.07) is 8.11. The first-order valence-electron chi connectivity index (χ1n) is 4.73. The highest BCUT2D eigenvalue weighted by Crippen LogP contribution is 2.28. The second-order valence-corrected chi connectivity index (χ2v) is 4.63. The van der Waals surface area contributed by atoms with E-state index in [0.29, 0.717) is 4.77 Å². The number of hydrogen-bond acceptors (Lipinski definition) is 4. The van der Waals surface area contributed by atoms with E-state index in [9.17, 15) is 0 Å². The normalized spacial score (nSPS) is 11.1. The van der Waals surface area contributed by atoms with Crippen LogP contribution < -0.4 is 0 Å². The number of nitrogens with one attached hydrogen (secondary N) is 1. The van der Waals surface area contributed by atoms with Gasteiger partial charge in [0.1, 0.15) is 5.69 Å². The fourth-order valence-corrected chi connectivity index (χ4v) is 2.51. The number of hydrogen-bond donors (Lipinski definition) is 1. The van der Waals surface area contributed by atoms with Crippen molar-refractivity contribution in [3.63, 3.8) is 0 Å². The monoisotopic (exact) mass is 248 g/mol. The Kier molecular flexibility index (Phi) is 2.12. The van der Waals surface area contributed by atoms with E-state index in [0.717, 1.165) is 21.6 Å². The van der Waals surface area contributed by atoms with Gasteiger partial charge in [-0.2, -0.15) is 9.47 Å². The molecule has 0 saturated heterocycles. The predicted molar refractivity (Wildman–Crippen MR) is 67.0 cm³/mol. The SMILES string of the molecule is Cn1c(-c2nsc3ccccc23)n[nH]c1=S. The van der Waals surface area contributed by atoms with Gasteiger partial charge in [-0.25, -0.2) is 0 Å². The molecule has 2 heterocycles. The molecule has 3 rings (SSSR count). The van der Waals surface area contributed by atoms with Crippen LogP contribution in [-0.4, -0.2) is 19.1 Å². The largest absolute Gasteiger partial charge is 0.302 e. The Morgan fingerprint density at radius 1 is 1.38 bits per heavy atom. The number of aromatic nitrogens is 4. The molecule has 3 aromatic rings. The van der Waals surface area contributed by atoms with E-state index < -0.39 is 0 Å². The van der Waals surface area contributed by atoms with Crippen LogP contribution in [0.3, 0.4) is 0 Å². The molecule has 0 fully saturated rings. The standard InChI is InChI=1S/C10H8N4S2/c1-14-9(11-12-10(14)15)8-6-4-2-3-5-7(6)16-13-8/h2-5H,1H3,(H,12,15). The van der Waals surface area contributed by atoms with Crippen molar-refractivity contribution in [1.29, 1.82) is 0 Å². The van der Waals surface area contributed by atoms with Gasteiger partial charge in [0.25, 0.3) is 0 Å². The molecule has 4 nitrogen and oxygen atoms in total. The third-order valence-electron chi connectivity index (χ3n) is 2.47. The lowest BCUT2D eigenvalue weighted by molar-refractivity contribution is 0.900. The van der Waals surface area contributed by atoms with E-state index >= 15 is 0 Å². The van der Waals surface area contributed by atoms with Crippen molar-refractivity contribution in [3.05, 3.63) is 29.0 Å². The zero-order valence-corrected chi connectivity index (χ0v) is 10.1. The number of fused-ring (bicyclic) bond motifs is 1. The van der Waals surface area contributed by atoms with E-state index in [2.05, 4.69) is 20.6 Å². The zero-order valence-electron chi connectivity index (χ0n) is 8.47. The molecule has 0 amide bonds.